The highest BCUT2D eigenvalue weighted by atomic mass is 28.4. The van der Waals surface area contributed by atoms with Crippen LogP contribution in [0.25, 0.3) is 0 Å². The van der Waals surface area contributed by atoms with Crippen LogP contribution >= 0.6 is 0 Å². The Morgan fingerprint density at radius 2 is 1.80 bits per heavy atom. The molecule has 1 aromatic carbocycles. The van der Waals surface area contributed by atoms with Crippen molar-refractivity contribution < 1.29 is 9.53 Å². The van der Waals surface area contributed by atoms with Gasteiger partial charge in [-0.2, -0.15) is 0 Å². The van der Waals surface area contributed by atoms with Crippen LogP contribution in [0.2, 0.25) is 6.55 Å². The second-order valence-corrected chi connectivity index (χ2v) is 10.1. The topological polar surface area (TPSA) is 29.5 Å². The largest absolute Gasteiger partial charge is 0.407 e. The average molecular weight is 295 g/mol. The third-order valence-electron chi connectivity index (χ3n) is 4.22. The number of rotatable bonds is 8. The second kappa shape index (κ2) is 7.39. The van der Waals surface area contributed by atoms with Gasteiger partial charge in [-0.1, -0.05) is 57.0 Å². The predicted molar refractivity (Wildman–Crippen MR) is 88.7 cm³/mol. The highest BCUT2D eigenvalue weighted by Crippen LogP contribution is 2.28. The fraction of sp³-hybridized carbons (Fsp3) is 0.647. The highest BCUT2D eigenvalue weighted by molar-refractivity contribution is 6.87. The molecule has 2 nitrogen and oxygen atoms in total. The van der Waals surface area contributed by atoms with Crippen molar-refractivity contribution in [2.24, 2.45) is 0 Å². The fourth-order valence-corrected chi connectivity index (χ4v) is 6.35. The SMILES string of the molecule is CCCC(C)O[Si](C)(c1ccccc1)C(C)(O)CCC. The molecular weight excluding hydrogens is 264 g/mol. The van der Waals surface area contributed by atoms with Crippen LogP contribution in [0.1, 0.15) is 53.4 Å². The van der Waals surface area contributed by atoms with Crippen molar-refractivity contribution in [3.8, 4) is 0 Å². The molecule has 20 heavy (non-hydrogen) atoms. The molecule has 0 fully saturated rings. The van der Waals surface area contributed by atoms with Gasteiger partial charge in [-0.3, -0.25) is 0 Å². The van der Waals surface area contributed by atoms with Crippen molar-refractivity contribution in [2.75, 3.05) is 0 Å². The van der Waals surface area contributed by atoms with Crippen LogP contribution in [-0.2, 0) is 4.43 Å². The average Bonchev–Trinajstić information content (AvgIpc) is 2.39. The van der Waals surface area contributed by atoms with Crippen LogP contribution in [-0.4, -0.2) is 24.8 Å². The molecule has 1 rings (SSSR count). The molecule has 3 unspecified atom stereocenters. The van der Waals surface area contributed by atoms with Gasteiger partial charge in [-0.25, -0.2) is 0 Å². The van der Waals surface area contributed by atoms with E-state index in [0.29, 0.717) is 0 Å². The quantitative estimate of drug-likeness (QED) is 0.740. The summed E-state index contributed by atoms with van der Waals surface area (Å²) in [6.07, 6.45) is 4.09. The van der Waals surface area contributed by atoms with Crippen molar-refractivity contribution in [3.05, 3.63) is 30.3 Å². The van der Waals surface area contributed by atoms with Gasteiger partial charge in [-0.05, 0) is 38.4 Å². The van der Waals surface area contributed by atoms with Crippen molar-refractivity contribution >= 4 is 13.5 Å². The van der Waals surface area contributed by atoms with Crippen molar-refractivity contribution in [1.82, 2.24) is 0 Å². The lowest BCUT2D eigenvalue weighted by Gasteiger charge is -2.42. The van der Waals surface area contributed by atoms with E-state index < -0.39 is 13.5 Å². The fourth-order valence-electron chi connectivity index (χ4n) is 2.86. The van der Waals surface area contributed by atoms with Gasteiger partial charge < -0.3 is 9.53 Å². The lowest BCUT2D eigenvalue weighted by Crippen LogP contribution is -2.66. The Kier molecular flexibility index (Phi) is 6.43. The molecule has 0 aliphatic rings. The Bertz CT molecular complexity index is 391. The first-order chi connectivity index (χ1) is 9.37. The van der Waals surface area contributed by atoms with E-state index in [9.17, 15) is 5.11 Å². The van der Waals surface area contributed by atoms with Crippen LogP contribution < -0.4 is 5.19 Å². The van der Waals surface area contributed by atoms with Gasteiger partial charge in [0.15, 0.2) is 0 Å². The van der Waals surface area contributed by atoms with Gasteiger partial charge in [0, 0.05) is 6.10 Å². The molecule has 0 aromatic heterocycles. The van der Waals surface area contributed by atoms with Crippen LogP contribution in [0, 0.1) is 0 Å². The normalized spacial score (nSPS) is 19.1. The molecule has 1 aromatic rings. The molecule has 3 heteroatoms. The lowest BCUT2D eigenvalue weighted by molar-refractivity contribution is 0.0800. The zero-order valence-electron chi connectivity index (χ0n) is 13.6. The summed E-state index contributed by atoms with van der Waals surface area (Å²) in [5.41, 5.74) is 0. The Morgan fingerprint density at radius 3 is 2.30 bits per heavy atom. The minimum atomic E-state index is -2.42. The smallest absolute Gasteiger partial charge is 0.252 e. The summed E-state index contributed by atoms with van der Waals surface area (Å²) >= 11 is 0. The first-order valence-electron chi connectivity index (χ1n) is 7.83. The van der Waals surface area contributed by atoms with Gasteiger partial charge in [0.05, 0.1) is 5.22 Å². The molecule has 0 bridgehead atoms. The lowest BCUT2D eigenvalue weighted by atomic mass is 10.2. The Hall–Kier alpha value is -0.643. The summed E-state index contributed by atoms with van der Waals surface area (Å²) < 4.78 is 6.47. The molecule has 0 saturated heterocycles. The van der Waals surface area contributed by atoms with E-state index in [1.807, 2.05) is 25.1 Å². The van der Waals surface area contributed by atoms with Gasteiger partial charge in [-0.15, -0.1) is 0 Å². The van der Waals surface area contributed by atoms with Crippen LogP contribution in [0.5, 0.6) is 0 Å². The number of hydrogen-bond donors (Lipinski definition) is 1. The minimum absolute atomic E-state index is 0.195. The van der Waals surface area contributed by atoms with E-state index in [2.05, 4.69) is 39.5 Å². The number of aliphatic hydroxyl groups is 1. The summed E-state index contributed by atoms with van der Waals surface area (Å²) in [6.45, 7) is 10.5. The summed E-state index contributed by atoms with van der Waals surface area (Å²) in [6, 6.07) is 10.3. The van der Waals surface area contributed by atoms with Crippen LogP contribution in [0.3, 0.4) is 0 Å². The molecule has 1 N–H and O–H groups in total. The summed E-state index contributed by atoms with van der Waals surface area (Å²) in [7, 11) is -2.42. The van der Waals surface area contributed by atoms with Gasteiger partial charge in [0.2, 0.25) is 0 Å². The van der Waals surface area contributed by atoms with E-state index in [1.165, 1.54) is 5.19 Å². The maximum absolute atomic E-state index is 11.0. The predicted octanol–water partition coefficient (Wildman–Crippen LogP) is 3.76. The highest BCUT2D eigenvalue weighted by Gasteiger charge is 2.49. The standard InChI is InChI=1S/C17H30O2Si/c1-6-11-15(3)19-20(5,17(4,18)14-7-2)16-12-9-8-10-13-16/h8-10,12-13,15,18H,6-7,11,14H2,1-5H3. The van der Waals surface area contributed by atoms with Crippen molar-refractivity contribution in [3.63, 3.8) is 0 Å². The molecule has 0 spiro atoms. The monoisotopic (exact) mass is 294 g/mol. The molecule has 3 atom stereocenters. The zero-order chi connectivity index (χ0) is 15.2. The third-order valence-corrected chi connectivity index (χ3v) is 8.84. The molecule has 0 amide bonds. The number of benzene rings is 1. The van der Waals surface area contributed by atoms with Crippen molar-refractivity contribution in [1.29, 1.82) is 0 Å². The van der Waals surface area contributed by atoms with E-state index in [0.717, 1.165) is 25.7 Å². The zero-order valence-corrected chi connectivity index (χ0v) is 14.6. The first kappa shape index (κ1) is 17.4. The van der Waals surface area contributed by atoms with E-state index in [1.54, 1.807) is 0 Å². The third kappa shape index (κ3) is 3.93. The molecule has 0 aliphatic carbocycles. The van der Waals surface area contributed by atoms with E-state index in [4.69, 9.17) is 4.43 Å². The van der Waals surface area contributed by atoms with Crippen molar-refractivity contribution in [2.45, 2.75) is 71.3 Å². The summed E-state index contributed by atoms with van der Waals surface area (Å²) in [4.78, 5) is 0. The number of hydrogen-bond acceptors (Lipinski definition) is 2. The molecule has 0 radical (unpaired) electrons. The maximum Gasteiger partial charge on any atom is 0.252 e. The maximum atomic E-state index is 11.0. The van der Waals surface area contributed by atoms with E-state index in [-0.39, 0.29) is 6.10 Å². The molecule has 0 saturated carbocycles. The Balaban J connectivity index is 3.12. The molecule has 0 aliphatic heterocycles. The Labute approximate surface area is 125 Å². The Morgan fingerprint density at radius 1 is 1.20 bits per heavy atom. The van der Waals surface area contributed by atoms with Gasteiger partial charge >= 0.3 is 0 Å². The molecule has 0 heterocycles. The van der Waals surface area contributed by atoms with Crippen LogP contribution in [0.15, 0.2) is 30.3 Å². The van der Waals surface area contributed by atoms with Crippen LogP contribution in [0.4, 0.5) is 0 Å². The summed E-state index contributed by atoms with van der Waals surface area (Å²) in [5, 5.41) is 11.5. The summed E-state index contributed by atoms with van der Waals surface area (Å²) in [5.74, 6) is 0. The minimum Gasteiger partial charge on any atom is -0.407 e. The molecule has 114 valence electrons. The van der Waals surface area contributed by atoms with E-state index >= 15 is 0 Å². The van der Waals surface area contributed by atoms with Gasteiger partial charge in [0.25, 0.3) is 8.32 Å². The van der Waals surface area contributed by atoms with Gasteiger partial charge in [0.1, 0.15) is 0 Å². The molecular formula is C17H30O2Si. The first-order valence-corrected chi connectivity index (χ1v) is 10.2. The second-order valence-electron chi connectivity index (χ2n) is 6.14.